The van der Waals surface area contributed by atoms with Crippen LogP contribution < -0.4 is 15.6 Å². The number of fused-ring (bicyclic) bond motifs is 1. The predicted octanol–water partition coefficient (Wildman–Crippen LogP) is 1.72. The summed E-state index contributed by atoms with van der Waals surface area (Å²) in [7, 11) is 1.69. The smallest absolute Gasteiger partial charge is 0.264 e. The Morgan fingerprint density at radius 2 is 2.13 bits per heavy atom. The zero-order chi connectivity index (χ0) is 16.4. The van der Waals surface area contributed by atoms with Gasteiger partial charge in [-0.2, -0.15) is 0 Å². The predicted molar refractivity (Wildman–Crippen MR) is 88.0 cm³/mol. The maximum atomic E-state index is 12.1. The van der Waals surface area contributed by atoms with Gasteiger partial charge in [0.15, 0.2) is 6.61 Å². The molecule has 0 radical (unpaired) electrons. The van der Waals surface area contributed by atoms with Gasteiger partial charge in [-0.3, -0.25) is 14.9 Å². The summed E-state index contributed by atoms with van der Waals surface area (Å²) < 4.78 is 7.05. The molecule has 1 amide bonds. The van der Waals surface area contributed by atoms with Crippen molar-refractivity contribution in [3.63, 3.8) is 0 Å². The van der Waals surface area contributed by atoms with Crippen molar-refractivity contribution in [2.75, 3.05) is 11.9 Å². The fourth-order valence-corrected chi connectivity index (χ4v) is 2.73. The number of pyridine rings is 1. The zero-order valence-corrected chi connectivity index (χ0v) is 13.4. The Kier molecular flexibility index (Phi) is 4.07. The number of benzene rings is 1. The van der Waals surface area contributed by atoms with Gasteiger partial charge in [-0.25, -0.2) is 0 Å². The Balaban J connectivity index is 1.76. The number of nitrogens with one attached hydrogen (secondary N) is 1. The van der Waals surface area contributed by atoms with Gasteiger partial charge in [-0.1, -0.05) is 17.4 Å². The van der Waals surface area contributed by atoms with E-state index in [4.69, 9.17) is 4.74 Å². The molecular formula is C15H14N4O3S. The molecule has 0 unspecified atom stereocenters. The Morgan fingerprint density at radius 3 is 2.87 bits per heavy atom. The maximum absolute atomic E-state index is 12.1. The van der Waals surface area contributed by atoms with Gasteiger partial charge in [0.2, 0.25) is 5.13 Å². The molecule has 3 aromatic rings. The van der Waals surface area contributed by atoms with Gasteiger partial charge in [-0.05, 0) is 25.1 Å². The van der Waals surface area contributed by atoms with Gasteiger partial charge in [0.05, 0.1) is 5.39 Å². The average Bonchev–Trinajstić information content (AvgIpc) is 2.94. The van der Waals surface area contributed by atoms with Crippen LogP contribution in [0.5, 0.6) is 5.75 Å². The molecular weight excluding hydrogens is 316 g/mol. The Hall–Kier alpha value is -2.74. The van der Waals surface area contributed by atoms with Gasteiger partial charge in [0.1, 0.15) is 10.8 Å². The molecule has 0 fully saturated rings. The van der Waals surface area contributed by atoms with E-state index in [0.29, 0.717) is 21.7 Å². The second-order valence-corrected chi connectivity index (χ2v) is 6.09. The van der Waals surface area contributed by atoms with E-state index in [9.17, 15) is 9.59 Å². The summed E-state index contributed by atoms with van der Waals surface area (Å²) in [5.41, 5.74) is -0.110. The fraction of sp³-hybridized carbons (Fsp3) is 0.200. The highest BCUT2D eigenvalue weighted by atomic mass is 32.1. The van der Waals surface area contributed by atoms with Crippen LogP contribution in [-0.2, 0) is 11.8 Å². The van der Waals surface area contributed by atoms with E-state index in [1.165, 1.54) is 15.9 Å². The van der Waals surface area contributed by atoms with Crippen molar-refractivity contribution >= 4 is 33.1 Å². The summed E-state index contributed by atoms with van der Waals surface area (Å²) >= 11 is 1.29. The highest BCUT2D eigenvalue weighted by molar-refractivity contribution is 7.15. The van der Waals surface area contributed by atoms with E-state index >= 15 is 0 Å². The molecule has 0 saturated heterocycles. The number of carbonyl (C=O) groups excluding carboxylic acids is 1. The third kappa shape index (κ3) is 3.21. The summed E-state index contributed by atoms with van der Waals surface area (Å²) in [5, 5.41) is 12.7. The average molecular weight is 330 g/mol. The van der Waals surface area contributed by atoms with Gasteiger partial charge < -0.3 is 9.30 Å². The van der Waals surface area contributed by atoms with Gasteiger partial charge in [0, 0.05) is 18.6 Å². The van der Waals surface area contributed by atoms with Crippen LogP contribution in [0.3, 0.4) is 0 Å². The largest absolute Gasteiger partial charge is 0.483 e. The number of amides is 1. The highest BCUT2D eigenvalue weighted by Gasteiger charge is 2.10. The monoisotopic (exact) mass is 330 g/mol. The summed E-state index contributed by atoms with van der Waals surface area (Å²) in [6.07, 6.45) is 1.67. The first kappa shape index (κ1) is 15.2. The molecule has 0 aliphatic carbocycles. The molecule has 0 aliphatic heterocycles. The molecule has 7 nitrogen and oxygen atoms in total. The summed E-state index contributed by atoms with van der Waals surface area (Å²) in [6.45, 7) is 1.63. The molecule has 2 heterocycles. The normalized spacial score (nSPS) is 10.7. The standard InChI is InChI=1S/C15H14N4O3S/c1-9-17-18-15(23-9)16-13(20)8-22-12-5-3-4-11-10(12)6-7-19(2)14(11)21/h3-7H,8H2,1-2H3,(H,16,18,20). The van der Waals surface area contributed by atoms with Crippen LogP contribution in [0.4, 0.5) is 5.13 Å². The van der Waals surface area contributed by atoms with E-state index in [1.54, 1.807) is 44.4 Å². The Labute approximate surface area is 135 Å². The van der Waals surface area contributed by atoms with E-state index in [1.807, 2.05) is 0 Å². The van der Waals surface area contributed by atoms with Crippen molar-refractivity contribution in [2.45, 2.75) is 6.92 Å². The number of hydrogen-bond donors (Lipinski definition) is 1. The lowest BCUT2D eigenvalue weighted by molar-refractivity contribution is -0.118. The van der Waals surface area contributed by atoms with Crippen LogP contribution in [0.15, 0.2) is 35.3 Å². The molecule has 118 valence electrons. The van der Waals surface area contributed by atoms with Gasteiger partial charge >= 0.3 is 0 Å². The van der Waals surface area contributed by atoms with Crippen molar-refractivity contribution in [2.24, 2.45) is 7.05 Å². The summed E-state index contributed by atoms with van der Waals surface area (Å²) in [4.78, 5) is 24.0. The number of aromatic nitrogens is 3. The first-order valence-corrected chi connectivity index (χ1v) is 7.67. The van der Waals surface area contributed by atoms with Crippen molar-refractivity contribution in [1.29, 1.82) is 0 Å². The Bertz CT molecular complexity index is 932. The molecule has 8 heteroatoms. The first-order chi connectivity index (χ1) is 11.0. The van der Waals surface area contributed by atoms with E-state index in [-0.39, 0.29) is 18.1 Å². The second-order valence-electron chi connectivity index (χ2n) is 4.91. The number of hydrogen-bond acceptors (Lipinski definition) is 6. The van der Waals surface area contributed by atoms with E-state index < -0.39 is 0 Å². The van der Waals surface area contributed by atoms with Crippen LogP contribution in [-0.4, -0.2) is 27.3 Å². The quantitative estimate of drug-likeness (QED) is 0.787. The third-order valence-electron chi connectivity index (χ3n) is 3.21. The topological polar surface area (TPSA) is 86.1 Å². The maximum Gasteiger partial charge on any atom is 0.264 e. The molecule has 23 heavy (non-hydrogen) atoms. The van der Waals surface area contributed by atoms with Gasteiger partial charge in [-0.15, -0.1) is 10.2 Å². The van der Waals surface area contributed by atoms with Crippen molar-refractivity contribution < 1.29 is 9.53 Å². The number of aryl methyl sites for hydroxylation is 2. The fourth-order valence-electron chi connectivity index (χ4n) is 2.12. The van der Waals surface area contributed by atoms with Crippen LogP contribution in [0.2, 0.25) is 0 Å². The molecule has 0 bridgehead atoms. The van der Waals surface area contributed by atoms with Gasteiger partial charge in [0.25, 0.3) is 11.5 Å². The second kappa shape index (κ2) is 6.17. The van der Waals surface area contributed by atoms with Crippen LogP contribution in [0.25, 0.3) is 10.8 Å². The summed E-state index contributed by atoms with van der Waals surface area (Å²) in [6, 6.07) is 6.97. The number of carbonyl (C=O) groups is 1. The lowest BCUT2D eigenvalue weighted by atomic mass is 10.1. The molecule has 0 spiro atoms. The molecule has 0 saturated carbocycles. The third-order valence-corrected chi connectivity index (χ3v) is 3.97. The number of anilines is 1. The van der Waals surface area contributed by atoms with Crippen molar-refractivity contribution in [1.82, 2.24) is 14.8 Å². The molecule has 3 rings (SSSR count). The lowest BCUT2D eigenvalue weighted by Gasteiger charge is -2.09. The number of nitrogens with zero attached hydrogens (tertiary/aromatic N) is 3. The summed E-state index contributed by atoms with van der Waals surface area (Å²) in [5.74, 6) is 0.158. The van der Waals surface area contributed by atoms with Crippen LogP contribution >= 0.6 is 11.3 Å². The van der Waals surface area contributed by atoms with Crippen LogP contribution in [0.1, 0.15) is 5.01 Å². The molecule has 1 N–H and O–H groups in total. The minimum Gasteiger partial charge on any atom is -0.483 e. The molecule has 0 aliphatic rings. The highest BCUT2D eigenvalue weighted by Crippen LogP contribution is 2.23. The molecule has 1 aromatic carbocycles. The minimum atomic E-state index is -0.331. The molecule has 0 atom stereocenters. The zero-order valence-electron chi connectivity index (χ0n) is 12.6. The van der Waals surface area contributed by atoms with Crippen LogP contribution in [0, 0.1) is 6.92 Å². The SMILES string of the molecule is Cc1nnc(NC(=O)COc2cccc3c(=O)n(C)ccc23)s1. The van der Waals surface area contributed by atoms with E-state index in [2.05, 4.69) is 15.5 Å². The van der Waals surface area contributed by atoms with Crippen molar-refractivity contribution in [3.05, 3.63) is 45.8 Å². The van der Waals surface area contributed by atoms with Crippen molar-refractivity contribution in [3.8, 4) is 5.75 Å². The minimum absolute atomic E-state index is 0.110. The number of rotatable bonds is 4. The Morgan fingerprint density at radius 1 is 1.30 bits per heavy atom. The lowest BCUT2D eigenvalue weighted by Crippen LogP contribution is -2.20. The first-order valence-electron chi connectivity index (χ1n) is 6.86. The number of ether oxygens (including phenoxy) is 1. The molecule has 2 aromatic heterocycles. The van der Waals surface area contributed by atoms with E-state index in [0.717, 1.165) is 5.01 Å².